The maximum absolute atomic E-state index is 13.8. The van der Waals surface area contributed by atoms with Crippen LogP contribution in [-0.2, 0) is 14.8 Å². The number of aromatic amines is 1. The van der Waals surface area contributed by atoms with Crippen molar-refractivity contribution in [3.8, 4) is 0 Å². The zero-order valence-corrected chi connectivity index (χ0v) is 16.4. The Labute approximate surface area is 170 Å². The molecular formula is C20H18F3N3O3S. The Morgan fingerprint density at radius 2 is 1.77 bits per heavy atom. The lowest BCUT2D eigenvalue weighted by Gasteiger charge is -2.22. The van der Waals surface area contributed by atoms with Crippen LogP contribution in [0, 0.1) is 0 Å². The molecule has 10 heteroatoms. The zero-order chi connectivity index (χ0) is 21.5. The Morgan fingerprint density at radius 3 is 2.40 bits per heavy atom. The van der Waals surface area contributed by atoms with E-state index >= 15 is 0 Å². The highest BCUT2D eigenvalue weighted by atomic mass is 32.2. The van der Waals surface area contributed by atoms with Crippen LogP contribution in [0.5, 0.6) is 0 Å². The first-order chi connectivity index (χ1) is 14.2. The number of H-pyrrole nitrogens is 1. The number of para-hydroxylation sites is 1. The van der Waals surface area contributed by atoms with Gasteiger partial charge < -0.3 is 9.88 Å². The fraction of sp³-hybridized carbons (Fsp3) is 0.250. The number of nitrogens with one attached hydrogen (secondary N) is 2. The molecule has 158 valence electrons. The van der Waals surface area contributed by atoms with Crippen molar-refractivity contribution in [2.24, 2.45) is 0 Å². The Morgan fingerprint density at radius 1 is 1.07 bits per heavy atom. The SMILES string of the molecule is O=C1CCCN1c1ccc(S(=O)(=O)N[C@@H](c2c[nH]c3ccccc23)C(F)(F)F)cc1. The summed E-state index contributed by atoms with van der Waals surface area (Å²) in [6, 6.07) is 9.19. The van der Waals surface area contributed by atoms with Crippen molar-refractivity contribution in [3.05, 3.63) is 60.3 Å². The van der Waals surface area contributed by atoms with Gasteiger partial charge >= 0.3 is 6.18 Å². The summed E-state index contributed by atoms with van der Waals surface area (Å²) >= 11 is 0. The highest BCUT2D eigenvalue weighted by Crippen LogP contribution is 2.37. The molecule has 3 aromatic rings. The number of carbonyl (C=O) groups is 1. The number of hydrogen-bond acceptors (Lipinski definition) is 3. The van der Waals surface area contributed by atoms with Gasteiger partial charge in [0, 0.05) is 41.3 Å². The van der Waals surface area contributed by atoms with Crippen LogP contribution in [0.25, 0.3) is 10.9 Å². The van der Waals surface area contributed by atoms with E-state index in [1.165, 1.54) is 35.2 Å². The maximum Gasteiger partial charge on any atom is 0.408 e. The molecule has 0 bridgehead atoms. The van der Waals surface area contributed by atoms with E-state index < -0.39 is 22.2 Å². The summed E-state index contributed by atoms with van der Waals surface area (Å²) in [5.74, 6) is -0.0693. The van der Waals surface area contributed by atoms with E-state index in [1.807, 2.05) is 0 Å². The van der Waals surface area contributed by atoms with Gasteiger partial charge in [-0.2, -0.15) is 17.9 Å². The van der Waals surface area contributed by atoms with Gasteiger partial charge in [-0.3, -0.25) is 4.79 Å². The molecule has 0 saturated carbocycles. The first kappa shape index (κ1) is 20.4. The standard InChI is InChI=1S/C20H18F3N3O3S/c21-20(22,23)19(16-12-24-17-5-2-1-4-15(16)17)25-30(28,29)14-9-7-13(8-10-14)26-11-3-6-18(26)27/h1-2,4-5,7-10,12,19,24-25H,3,6,11H2/t19-/m0/s1. The van der Waals surface area contributed by atoms with Crippen molar-refractivity contribution < 1.29 is 26.4 Å². The molecule has 0 radical (unpaired) electrons. The number of sulfonamides is 1. The molecule has 1 fully saturated rings. The van der Waals surface area contributed by atoms with Crippen LogP contribution in [0.2, 0.25) is 0 Å². The summed E-state index contributed by atoms with van der Waals surface area (Å²) in [6.45, 7) is 0.528. The first-order valence-corrected chi connectivity index (χ1v) is 10.7. The van der Waals surface area contributed by atoms with Crippen molar-refractivity contribution in [2.45, 2.75) is 30.0 Å². The number of carbonyl (C=O) groups excluding carboxylic acids is 1. The second kappa shape index (κ2) is 7.44. The highest BCUT2D eigenvalue weighted by molar-refractivity contribution is 7.89. The molecule has 2 heterocycles. The number of anilines is 1. The van der Waals surface area contributed by atoms with Crippen LogP contribution in [-0.4, -0.2) is 32.0 Å². The van der Waals surface area contributed by atoms with Gasteiger partial charge in [-0.25, -0.2) is 8.42 Å². The largest absolute Gasteiger partial charge is 0.408 e. The number of rotatable bonds is 5. The third-order valence-electron chi connectivity index (χ3n) is 5.06. The van der Waals surface area contributed by atoms with Crippen molar-refractivity contribution in [1.82, 2.24) is 9.71 Å². The molecule has 1 atom stereocenters. The second-order valence-corrected chi connectivity index (χ2v) is 8.74. The normalized spacial score (nSPS) is 16.4. The first-order valence-electron chi connectivity index (χ1n) is 9.22. The molecular weight excluding hydrogens is 419 g/mol. The van der Waals surface area contributed by atoms with Gasteiger partial charge in [0.1, 0.15) is 6.04 Å². The quantitative estimate of drug-likeness (QED) is 0.636. The third kappa shape index (κ3) is 3.80. The number of amides is 1. The van der Waals surface area contributed by atoms with Crippen LogP contribution >= 0.6 is 0 Å². The number of aromatic nitrogens is 1. The van der Waals surface area contributed by atoms with Gasteiger partial charge in [0.15, 0.2) is 0 Å². The monoisotopic (exact) mass is 437 g/mol. The average Bonchev–Trinajstić information content (AvgIpc) is 3.31. The predicted molar refractivity (Wildman–Crippen MR) is 105 cm³/mol. The molecule has 1 aliphatic heterocycles. The van der Waals surface area contributed by atoms with Crippen molar-refractivity contribution in [1.29, 1.82) is 0 Å². The Balaban J connectivity index is 1.65. The van der Waals surface area contributed by atoms with E-state index in [0.29, 0.717) is 30.6 Å². The maximum atomic E-state index is 13.8. The van der Waals surface area contributed by atoms with E-state index in [1.54, 1.807) is 22.9 Å². The number of fused-ring (bicyclic) bond motifs is 1. The Kier molecular flexibility index (Phi) is 5.07. The summed E-state index contributed by atoms with van der Waals surface area (Å²) in [5.41, 5.74) is 0.780. The molecule has 2 aromatic carbocycles. The van der Waals surface area contributed by atoms with Crippen LogP contribution < -0.4 is 9.62 Å². The number of hydrogen-bond donors (Lipinski definition) is 2. The summed E-state index contributed by atoms with van der Waals surface area (Å²) in [7, 11) is -4.48. The summed E-state index contributed by atoms with van der Waals surface area (Å²) in [6.07, 6.45) is -2.56. The zero-order valence-electron chi connectivity index (χ0n) is 15.6. The van der Waals surface area contributed by atoms with Gasteiger partial charge in [0.2, 0.25) is 15.9 Å². The summed E-state index contributed by atoms with van der Waals surface area (Å²) < 4.78 is 68.6. The molecule has 0 spiro atoms. The highest BCUT2D eigenvalue weighted by Gasteiger charge is 2.44. The number of nitrogens with zero attached hydrogens (tertiary/aromatic N) is 1. The molecule has 6 nitrogen and oxygen atoms in total. The third-order valence-corrected chi connectivity index (χ3v) is 6.50. The van der Waals surface area contributed by atoms with Crippen LogP contribution in [0.1, 0.15) is 24.4 Å². The minimum Gasteiger partial charge on any atom is -0.361 e. The molecule has 0 aliphatic carbocycles. The van der Waals surface area contributed by atoms with E-state index in [-0.39, 0.29) is 21.8 Å². The summed E-state index contributed by atoms with van der Waals surface area (Å²) in [4.78, 5) is 15.8. The van der Waals surface area contributed by atoms with Crippen molar-refractivity contribution >= 4 is 32.5 Å². The molecule has 2 N–H and O–H groups in total. The van der Waals surface area contributed by atoms with Crippen molar-refractivity contribution in [3.63, 3.8) is 0 Å². The minimum atomic E-state index is -4.85. The molecule has 4 rings (SSSR count). The van der Waals surface area contributed by atoms with Gasteiger partial charge in [-0.1, -0.05) is 18.2 Å². The van der Waals surface area contributed by atoms with Crippen molar-refractivity contribution in [2.75, 3.05) is 11.4 Å². The van der Waals surface area contributed by atoms with Crippen LogP contribution in [0.4, 0.5) is 18.9 Å². The van der Waals surface area contributed by atoms with E-state index in [0.717, 1.165) is 6.20 Å². The lowest BCUT2D eigenvalue weighted by molar-refractivity contribution is -0.152. The lowest BCUT2D eigenvalue weighted by Crippen LogP contribution is -2.38. The molecule has 30 heavy (non-hydrogen) atoms. The van der Waals surface area contributed by atoms with Crippen LogP contribution in [0.15, 0.2) is 59.6 Å². The summed E-state index contributed by atoms with van der Waals surface area (Å²) in [5, 5.41) is 0.283. The van der Waals surface area contributed by atoms with E-state index in [4.69, 9.17) is 0 Å². The molecule has 1 saturated heterocycles. The van der Waals surface area contributed by atoms with E-state index in [9.17, 15) is 26.4 Å². The average molecular weight is 437 g/mol. The second-order valence-electron chi connectivity index (χ2n) is 7.03. The van der Waals surface area contributed by atoms with Gasteiger partial charge in [-0.15, -0.1) is 0 Å². The van der Waals surface area contributed by atoms with Gasteiger partial charge in [0.05, 0.1) is 4.90 Å². The van der Waals surface area contributed by atoms with Gasteiger partial charge in [0.25, 0.3) is 0 Å². The lowest BCUT2D eigenvalue weighted by atomic mass is 10.1. The Hall–Kier alpha value is -2.85. The number of halogens is 3. The Bertz CT molecular complexity index is 1190. The molecule has 1 aliphatic rings. The topological polar surface area (TPSA) is 82.3 Å². The molecule has 1 aromatic heterocycles. The minimum absolute atomic E-state index is 0.0693. The smallest absolute Gasteiger partial charge is 0.361 e. The van der Waals surface area contributed by atoms with E-state index in [2.05, 4.69) is 4.98 Å². The number of alkyl halides is 3. The number of benzene rings is 2. The fourth-order valence-electron chi connectivity index (χ4n) is 3.59. The predicted octanol–water partition coefficient (Wildman–Crippen LogP) is 3.88. The van der Waals surface area contributed by atoms with Crippen LogP contribution in [0.3, 0.4) is 0 Å². The fourth-order valence-corrected chi connectivity index (χ4v) is 4.79. The van der Waals surface area contributed by atoms with Gasteiger partial charge in [-0.05, 0) is 36.8 Å². The molecule has 1 amide bonds. The molecule has 0 unspecified atom stereocenters.